The molecule has 0 aromatic heterocycles. The van der Waals surface area contributed by atoms with Crippen LogP contribution in [0.3, 0.4) is 0 Å². The van der Waals surface area contributed by atoms with Crippen LogP contribution in [0.1, 0.15) is 26.2 Å². The summed E-state index contributed by atoms with van der Waals surface area (Å²) in [6.45, 7) is 2.25. The van der Waals surface area contributed by atoms with Crippen molar-refractivity contribution in [2.75, 3.05) is 7.11 Å². The average Bonchev–Trinajstić information content (AvgIpc) is 1.94. The standard InChI is InChI=1S/C9H15NO2.ClH/c1-8-3-9(4-8,5-8)6(10)7(11)12-2;/h6H,3-5,10H2,1-2H3;1H. The summed E-state index contributed by atoms with van der Waals surface area (Å²) in [4.78, 5) is 11.1. The van der Waals surface area contributed by atoms with Gasteiger partial charge in [-0.1, -0.05) is 6.92 Å². The van der Waals surface area contributed by atoms with Crippen LogP contribution in [-0.2, 0) is 9.53 Å². The molecule has 0 aliphatic heterocycles. The van der Waals surface area contributed by atoms with Gasteiger partial charge in [0.25, 0.3) is 0 Å². The van der Waals surface area contributed by atoms with E-state index in [0.717, 1.165) is 19.3 Å². The van der Waals surface area contributed by atoms with Gasteiger partial charge in [0, 0.05) is 0 Å². The summed E-state index contributed by atoms with van der Waals surface area (Å²) >= 11 is 0. The summed E-state index contributed by atoms with van der Waals surface area (Å²) in [7, 11) is 1.40. The molecule has 4 heteroatoms. The molecule has 3 fully saturated rings. The van der Waals surface area contributed by atoms with Gasteiger partial charge in [-0.05, 0) is 30.1 Å². The first kappa shape index (κ1) is 10.8. The minimum absolute atomic E-state index is 0. The third kappa shape index (κ3) is 1.25. The monoisotopic (exact) mass is 205 g/mol. The highest BCUT2D eigenvalue weighted by molar-refractivity contribution is 5.85. The number of halogens is 1. The van der Waals surface area contributed by atoms with Crippen molar-refractivity contribution in [2.45, 2.75) is 32.2 Å². The van der Waals surface area contributed by atoms with E-state index in [9.17, 15) is 4.79 Å². The van der Waals surface area contributed by atoms with Crippen LogP contribution in [0.4, 0.5) is 0 Å². The zero-order chi connectivity index (χ0) is 8.98. The highest BCUT2D eigenvalue weighted by atomic mass is 35.5. The van der Waals surface area contributed by atoms with Gasteiger partial charge in [-0.3, -0.25) is 4.79 Å². The fourth-order valence-electron chi connectivity index (χ4n) is 3.10. The van der Waals surface area contributed by atoms with Crippen LogP contribution >= 0.6 is 12.4 Å². The van der Waals surface area contributed by atoms with Crippen molar-refractivity contribution in [2.24, 2.45) is 16.6 Å². The van der Waals surface area contributed by atoms with Crippen LogP contribution in [0, 0.1) is 10.8 Å². The lowest BCUT2D eigenvalue weighted by molar-refractivity contribution is -0.211. The summed E-state index contributed by atoms with van der Waals surface area (Å²) in [5.74, 6) is -0.253. The zero-order valence-corrected chi connectivity index (χ0v) is 8.82. The predicted octanol–water partition coefficient (Wildman–Crippen LogP) is 1.10. The first-order valence-electron chi connectivity index (χ1n) is 4.35. The Labute approximate surface area is 84.4 Å². The minimum atomic E-state index is -0.385. The maximum absolute atomic E-state index is 11.1. The van der Waals surface area contributed by atoms with E-state index < -0.39 is 0 Å². The Morgan fingerprint density at radius 2 is 1.92 bits per heavy atom. The number of nitrogens with two attached hydrogens (primary N) is 1. The third-order valence-corrected chi connectivity index (χ3v) is 3.45. The van der Waals surface area contributed by atoms with Crippen molar-refractivity contribution >= 4 is 18.4 Å². The summed E-state index contributed by atoms with van der Waals surface area (Å²) < 4.78 is 4.63. The molecule has 0 aromatic rings. The fourth-order valence-corrected chi connectivity index (χ4v) is 3.10. The van der Waals surface area contributed by atoms with Gasteiger partial charge in [0.05, 0.1) is 7.11 Å². The van der Waals surface area contributed by atoms with Gasteiger partial charge >= 0.3 is 5.97 Å². The molecular formula is C9H16ClNO2. The van der Waals surface area contributed by atoms with Crippen molar-refractivity contribution in [1.29, 1.82) is 0 Å². The second-order valence-electron chi connectivity index (χ2n) is 4.70. The van der Waals surface area contributed by atoms with Crippen LogP contribution in [-0.4, -0.2) is 19.1 Å². The first-order chi connectivity index (χ1) is 5.51. The highest BCUT2D eigenvalue weighted by Gasteiger charge is 2.68. The van der Waals surface area contributed by atoms with Gasteiger partial charge in [0.15, 0.2) is 0 Å². The van der Waals surface area contributed by atoms with E-state index in [0.29, 0.717) is 5.41 Å². The van der Waals surface area contributed by atoms with Crippen LogP contribution in [0.5, 0.6) is 0 Å². The van der Waals surface area contributed by atoms with Gasteiger partial charge in [0.1, 0.15) is 6.04 Å². The summed E-state index contributed by atoms with van der Waals surface area (Å²) in [5, 5.41) is 0. The molecule has 3 aliphatic carbocycles. The topological polar surface area (TPSA) is 52.3 Å². The third-order valence-electron chi connectivity index (χ3n) is 3.45. The van der Waals surface area contributed by atoms with E-state index in [2.05, 4.69) is 11.7 Å². The van der Waals surface area contributed by atoms with Gasteiger partial charge in [-0.2, -0.15) is 0 Å². The minimum Gasteiger partial charge on any atom is -0.468 e. The largest absolute Gasteiger partial charge is 0.468 e. The molecule has 2 bridgehead atoms. The lowest BCUT2D eigenvalue weighted by Gasteiger charge is -2.71. The van der Waals surface area contributed by atoms with E-state index in [4.69, 9.17) is 5.73 Å². The molecule has 13 heavy (non-hydrogen) atoms. The lowest BCUT2D eigenvalue weighted by Crippen LogP contribution is -2.69. The molecule has 76 valence electrons. The Balaban J connectivity index is 0.000000845. The van der Waals surface area contributed by atoms with E-state index in [1.807, 2.05) is 0 Å². The Hall–Kier alpha value is -0.280. The molecule has 0 aromatic carbocycles. The van der Waals surface area contributed by atoms with Gasteiger partial charge < -0.3 is 10.5 Å². The van der Waals surface area contributed by atoms with Crippen molar-refractivity contribution in [1.82, 2.24) is 0 Å². The van der Waals surface area contributed by atoms with Crippen LogP contribution in [0.15, 0.2) is 0 Å². The number of hydrogen-bond acceptors (Lipinski definition) is 3. The number of ether oxygens (including phenoxy) is 1. The first-order valence-corrected chi connectivity index (χ1v) is 4.35. The predicted molar refractivity (Wildman–Crippen MR) is 51.6 cm³/mol. The maximum atomic E-state index is 11.1. The second-order valence-corrected chi connectivity index (χ2v) is 4.70. The Morgan fingerprint density at radius 3 is 2.23 bits per heavy atom. The maximum Gasteiger partial charge on any atom is 0.323 e. The second kappa shape index (κ2) is 2.85. The molecule has 3 saturated carbocycles. The van der Waals surface area contributed by atoms with Crippen LogP contribution in [0.25, 0.3) is 0 Å². The quantitative estimate of drug-likeness (QED) is 0.687. The number of carbonyl (C=O) groups excluding carboxylic acids is 1. The Kier molecular flexibility index (Phi) is 2.37. The summed E-state index contributed by atoms with van der Waals surface area (Å²) in [6.07, 6.45) is 3.32. The van der Waals surface area contributed by atoms with E-state index in [-0.39, 0.29) is 29.8 Å². The van der Waals surface area contributed by atoms with Crippen molar-refractivity contribution in [3.8, 4) is 0 Å². The van der Waals surface area contributed by atoms with Crippen molar-refractivity contribution in [3.63, 3.8) is 0 Å². The molecule has 1 unspecified atom stereocenters. The number of rotatable bonds is 2. The number of carbonyl (C=O) groups is 1. The van der Waals surface area contributed by atoms with E-state index in [1.54, 1.807) is 0 Å². The number of hydrogen-bond donors (Lipinski definition) is 1. The molecule has 3 aliphatic rings. The van der Waals surface area contributed by atoms with Crippen LogP contribution < -0.4 is 5.73 Å². The number of methoxy groups -OCH3 is 1. The number of esters is 1. The zero-order valence-electron chi connectivity index (χ0n) is 8.00. The average molecular weight is 206 g/mol. The molecular weight excluding hydrogens is 190 g/mol. The molecule has 0 spiro atoms. The summed E-state index contributed by atoms with van der Waals surface area (Å²) in [5.41, 5.74) is 6.41. The highest BCUT2D eigenvalue weighted by Crippen LogP contribution is 2.74. The Bertz CT molecular complexity index is 222. The Morgan fingerprint density at radius 1 is 1.46 bits per heavy atom. The summed E-state index contributed by atoms with van der Waals surface area (Å²) in [6, 6.07) is -0.385. The van der Waals surface area contributed by atoms with E-state index in [1.165, 1.54) is 7.11 Å². The van der Waals surface area contributed by atoms with Gasteiger partial charge in [-0.15, -0.1) is 12.4 Å². The molecule has 3 rings (SSSR count). The molecule has 3 nitrogen and oxygen atoms in total. The molecule has 0 amide bonds. The van der Waals surface area contributed by atoms with Gasteiger partial charge in [0.2, 0.25) is 0 Å². The normalized spacial score (nSPS) is 42.1. The molecule has 1 atom stereocenters. The molecule has 0 heterocycles. The van der Waals surface area contributed by atoms with E-state index >= 15 is 0 Å². The molecule has 2 N–H and O–H groups in total. The SMILES string of the molecule is COC(=O)C(N)C12CC(C)(C1)C2.Cl. The molecule has 0 radical (unpaired) electrons. The van der Waals surface area contributed by atoms with Crippen molar-refractivity contribution < 1.29 is 9.53 Å². The van der Waals surface area contributed by atoms with Crippen LogP contribution in [0.2, 0.25) is 0 Å². The lowest BCUT2D eigenvalue weighted by atomic mass is 9.34. The van der Waals surface area contributed by atoms with Crippen molar-refractivity contribution in [3.05, 3.63) is 0 Å². The molecule has 0 saturated heterocycles. The fraction of sp³-hybridized carbons (Fsp3) is 0.889. The van der Waals surface area contributed by atoms with Gasteiger partial charge in [-0.25, -0.2) is 0 Å². The smallest absolute Gasteiger partial charge is 0.323 e.